The smallest absolute Gasteiger partial charge is 0.312 e. The van der Waals surface area contributed by atoms with Crippen molar-refractivity contribution in [2.24, 2.45) is 16.7 Å². The molecule has 0 aromatic rings. The Kier molecular flexibility index (Phi) is 10.7. The molecule has 2 saturated heterocycles. The van der Waals surface area contributed by atoms with Crippen molar-refractivity contribution in [3.8, 4) is 0 Å². The summed E-state index contributed by atoms with van der Waals surface area (Å²) in [7, 11) is 0. The van der Waals surface area contributed by atoms with Crippen molar-refractivity contribution in [2.45, 2.75) is 67.1 Å². The third-order valence-electron chi connectivity index (χ3n) is 6.42. The van der Waals surface area contributed by atoms with Gasteiger partial charge in [0.15, 0.2) is 12.2 Å². The van der Waals surface area contributed by atoms with E-state index in [1.807, 2.05) is 0 Å². The van der Waals surface area contributed by atoms with Crippen LogP contribution in [0.1, 0.15) is 54.9 Å². The molecular formula is C27H44N2O8. The minimum Gasteiger partial charge on any atom is -0.451 e. The zero-order valence-electron chi connectivity index (χ0n) is 23.5. The lowest BCUT2D eigenvalue weighted by Crippen LogP contribution is -2.50. The summed E-state index contributed by atoms with van der Waals surface area (Å²) in [4.78, 5) is 55.6. The second kappa shape index (κ2) is 12.9. The van der Waals surface area contributed by atoms with Gasteiger partial charge >= 0.3 is 11.9 Å². The summed E-state index contributed by atoms with van der Waals surface area (Å²) in [5, 5.41) is 0. The lowest BCUT2D eigenvalue weighted by atomic mass is 9.89. The molecule has 0 N–H and O–H groups in total. The molecule has 2 aliphatic rings. The van der Waals surface area contributed by atoms with Crippen molar-refractivity contribution in [1.29, 1.82) is 0 Å². The molecule has 2 aliphatic heterocycles. The van der Waals surface area contributed by atoms with Crippen molar-refractivity contribution in [3.05, 3.63) is 12.2 Å². The Balaban J connectivity index is 2.27. The van der Waals surface area contributed by atoms with E-state index in [2.05, 4.69) is 6.58 Å². The van der Waals surface area contributed by atoms with E-state index in [9.17, 15) is 19.2 Å². The minimum absolute atomic E-state index is 0.000857. The van der Waals surface area contributed by atoms with Gasteiger partial charge in [-0.25, -0.2) is 0 Å². The fraction of sp³-hybridized carbons (Fsp3) is 0.778. The normalized spacial score (nSPS) is 19.4. The molecule has 0 bridgehead atoms. The Morgan fingerprint density at radius 3 is 1.59 bits per heavy atom. The molecule has 0 spiro atoms. The quantitative estimate of drug-likeness (QED) is 0.351. The summed E-state index contributed by atoms with van der Waals surface area (Å²) in [5.74, 6) is -2.33. The first-order valence-corrected chi connectivity index (χ1v) is 13.0. The molecule has 10 heteroatoms. The molecule has 0 unspecified atom stereocenters. The Morgan fingerprint density at radius 1 is 0.757 bits per heavy atom. The van der Waals surface area contributed by atoms with Crippen LogP contribution in [0.4, 0.5) is 0 Å². The summed E-state index contributed by atoms with van der Waals surface area (Å²) >= 11 is 0. The Bertz CT molecular complexity index is 845. The minimum atomic E-state index is -1.13. The van der Waals surface area contributed by atoms with Gasteiger partial charge in [0.05, 0.1) is 37.3 Å². The molecule has 2 heterocycles. The molecular weight excluding hydrogens is 480 g/mol. The number of carbonyl (C=O) groups is 4. The number of hydrogen-bond acceptors (Lipinski definition) is 8. The molecule has 0 radical (unpaired) electrons. The van der Waals surface area contributed by atoms with Crippen LogP contribution in [0.3, 0.4) is 0 Å². The molecule has 2 rings (SSSR count). The lowest BCUT2D eigenvalue weighted by molar-refractivity contribution is -0.171. The van der Waals surface area contributed by atoms with Gasteiger partial charge < -0.3 is 28.7 Å². The van der Waals surface area contributed by atoms with Crippen LogP contribution in [0.15, 0.2) is 12.2 Å². The molecule has 0 saturated carbocycles. The van der Waals surface area contributed by atoms with E-state index in [1.54, 1.807) is 58.3 Å². The third-order valence-corrected chi connectivity index (χ3v) is 6.42. The van der Waals surface area contributed by atoms with E-state index >= 15 is 0 Å². The second-order valence-electron chi connectivity index (χ2n) is 11.7. The highest BCUT2D eigenvalue weighted by Gasteiger charge is 2.40. The van der Waals surface area contributed by atoms with Crippen LogP contribution in [-0.2, 0) is 38.1 Å². The first-order chi connectivity index (χ1) is 17.1. The van der Waals surface area contributed by atoms with E-state index < -0.39 is 40.9 Å². The fourth-order valence-corrected chi connectivity index (χ4v) is 3.73. The lowest BCUT2D eigenvalue weighted by Gasteiger charge is -2.35. The summed E-state index contributed by atoms with van der Waals surface area (Å²) in [5.41, 5.74) is -1.16. The maximum atomic E-state index is 13.5. The number of rotatable bonds is 8. The predicted octanol–water partition coefficient (Wildman–Crippen LogP) is 2.20. The molecule has 210 valence electrons. The van der Waals surface area contributed by atoms with Gasteiger partial charge in [0.25, 0.3) is 11.8 Å². The average molecular weight is 525 g/mol. The monoisotopic (exact) mass is 524 g/mol. The van der Waals surface area contributed by atoms with Crippen LogP contribution in [-0.4, -0.2) is 98.4 Å². The van der Waals surface area contributed by atoms with Crippen LogP contribution in [0.25, 0.3) is 0 Å². The number of morpholine rings is 2. The molecule has 0 aromatic heterocycles. The van der Waals surface area contributed by atoms with Crippen molar-refractivity contribution in [2.75, 3.05) is 52.6 Å². The van der Waals surface area contributed by atoms with Crippen LogP contribution < -0.4 is 0 Å². The van der Waals surface area contributed by atoms with Gasteiger partial charge in [-0.05, 0) is 41.5 Å². The predicted molar refractivity (Wildman–Crippen MR) is 136 cm³/mol. The highest BCUT2D eigenvalue weighted by Crippen LogP contribution is 2.28. The van der Waals surface area contributed by atoms with Gasteiger partial charge in [-0.15, -0.1) is 0 Å². The molecule has 0 aromatic carbocycles. The average Bonchev–Trinajstić information content (AvgIpc) is 2.85. The number of hydrogen-bond donors (Lipinski definition) is 0. The number of ether oxygens (including phenoxy) is 4. The number of esters is 2. The Hall–Kier alpha value is -2.46. The van der Waals surface area contributed by atoms with Crippen LogP contribution >= 0.6 is 0 Å². The topological polar surface area (TPSA) is 112 Å². The summed E-state index contributed by atoms with van der Waals surface area (Å²) < 4.78 is 22.1. The molecule has 10 nitrogen and oxygen atoms in total. The summed E-state index contributed by atoms with van der Waals surface area (Å²) in [6.45, 7) is 19.4. The fourth-order valence-electron chi connectivity index (χ4n) is 3.73. The zero-order chi connectivity index (χ0) is 28.0. The van der Waals surface area contributed by atoms with Crippen molar-refractivity contribution in [3.63, 3.8) is 0 Å². The van der Waals surface area contributed by atoms with E-state index in [1.165, 1.54) is 0 Å². The second-order valence-corrected chi connectivity index (χ2v) is 11.7. The SMILES string of the molecule is C=C(C[C@@H](OC(=O)C(C)(C)C)C(=O)N1CCOCC1)[C@H](C)[C@@H](OC(=O)C(C)(C)C)C(=O)N1CCOCC1. The molecule has 37 heavy (non-hydrogen) atoms. The Labute approximate surface area is 220 Å². The van der Waals surface area contributed by atoms with Crippen LogP contribution in [0, 0.1) is 16.7 Å². The molecule has 0 aliphatic carbocycles. The zero-order valence-corrected chi connectivity index (χ0v) is 23.5. The van der Waals surface area contributed by atoms with Gasteiger partial charge in [0.1, 0.15) is 0 Å². The van der Waals surface area contributed by atoms with Crippen molar-refractivity contribution in [1.82, 2.24) is 9.80 Å². The highest BCUT2D eigenvalue weighted by atomic mass is 16.6. The molecule has 2 amide bonds. The maximum Gasteiger partial charge on any atom is 0.312 e. The van der Waals surface area contributed by atoms with Gasteiger partial charge in [-0.3, -0.25) is 19.2 Å². The summed E-state index contributed by atoms with van der Waals surface area (Å²) in [6, 6.07) is 0. The standard InChI is InChI=1S/C27H44N2O8/c1-18(17-20(36-24(32)26(3,4)5)22(30)28-9-13-34-14-10-28)19(2)21(37-25(33)27(6,7)8)23(31)29-11-15-35-16-12-29/h19-21H,1,9-17H2,2-8H3/t19-,20+,21+/m0/s1. The van der Waals surface area contributed by atoms with Crippen molar-refractivity contribution >= 4 is 23.8 Å². The largest absolute Gasteiger partial charge is 0.451 e. The van der Waals surface area contributed by atoms with Gasteiger partial charge in [-0.1, -0.05) is 19.1 Å². The van der Waals surface area contributed by atoms with E-state index in [-0.39, 0.29) is 18.2 Å². The number of nitrogens with zero attached hydrogens (tertiary/aromatic N) is 2. The number of amides is 2. The Morgan fingerprint density at radius 2 is 1.16 bits per heavy atom. The first-order valence-electron chi connectivity index (χ1n) is 13.0. The third kappa shape index (κ3) is 8.81. The van der Waals surface area contributed by atoms with E-state index in [4.69, 9.17) is 18.9 Å². The van der Waals surface area contributed by atoms with Crippen molar-refractivity contribution < 1.29 is 38.1 Å². The van der Waals surface area contributed by atoms with Crippen LogP contribution in [0.5, 0.6) is 0 Å². The first kappa shape index (κ1) is 30.8. The van der Waals surface area contributed by atoms with Gasteiger partial charge in [-0.2, -0.15) is 0 Å². The number of carbonyl (C=O) groups excluding carboxylic acids is 4. The molecule has 2 fully saturated rings. The van der Waals surface area contributed by atoms with E-state index in [0.29, 0.717) is 58.2 Å². The maximum absolute atomic E-state index is 13.5. The van der Waals surface area contributed by atoms with E-state index in [0.717, 1.165) is 0 Å². The van der Waals surface area contributed by atoms with Gasteiger partial charge in [0.2, 0.25) is 0 Å². The van der Waals surface area contributed by atoms with Gasteiger partial charge in [0, 0.05) is 38.5 Å². The highest BCUT2D eigenvalue weighted by molar-refractivity contribution is 5.87. The summed E-state index contributed by atoms with van der Waals surface area (Å²) in [6.07, 6.45) is -2.24. The molecule has 3 atom stereocenters. The van der Waals surface area contributed by atoms with Crippen LogP contribution in [0.2, 0.25) is 0 Å².